The van der Waals surface area contributed by atoms with Crippen molar-refractivity contribution >= 4 is 21.4 Å². The number of nitrogens with zero attached hydrogens (tertiary/aromatic N) is 1. The fourth-order valence-corrected chi connectivity index (χ4v) is 4.77. The predicted molar refractivity (Wildman–Crippen MR) is 149 cm³/mol. The van der Waals surface area contributed by atoms with Crippen LogP contribution in [0.5, 0.6) is 5.75 Å². The standard InChI is InChI=1S/C30H40NO6.ClH.Pd/c1-19(2)23-9-8-10-24(20(3)4)26(23)31-17-21-11-13-22(14-12-21)34-16-15-33-18-25-27-28(29(32-7)35-25)37-30(5,6)36-27;;/h8-11,13-14,17,19-20,25,27-29H,15-16,18H2,1-7H3;1H;/q-1;;+2/p-1/t25-,27+,28?,29-;;/m1../s1. The van der Waals surface area contributed by atoms with Gasteiger partial charge in [-0.25, -0.2) is 0 Å². The Bertz CT molecular complexity index is 1040. The fraction of sp³-hybridized carbons (Fsp3) is 0.567. The van der Waals surface area contributed by atoms with Crippen LogP contribution in [-0.4, -0.2) is 63.5 Å². The number of aliphatic imine (C=N–C) groups is 1. The molecule has 0 radical (unpaired) electrons. The van der Waals surface area contributed by atoms with E-state index in [1.54, 1.807) is 7.11 Å². The topological polar surface area (TPSA) is 67.7 Å². The molecule has 2 aliphatic heterocycles. The molecule has 0 amide bonds. The van der Waals surface area contributed by atoms with E-state index in [4.69, 9.17) is 33.4 Å². The molecule has 0 N–H and O–H groups in total. The van der Waals surface area contributed by atoms with E-state index in [1.165, 1.54) is 11.1 Å². The molecule has 4 rings (SSSR count). The number of fused-ring (bicyclic) bond motifs is 1. The molecule has 0 spiro atoms. The van der Waals surface area contributed by atoms with Crippen molar-refractivity contribution < 1.29 is 46.6 Å². The molecule has 9 heteroatoms. The second kappa shape index (κ2) is 15.0. The number of hydrogen-bond acceptors (Lipinski definition) is 7. The summed E-state index contributed by atoms with van der Waals surface area (Å²) in [6, 6.07) is 15.4. The Labute approximate surface area is 247 Å². The Kier molecular flexibility index (Phi) is 12.4. The summed E-state index contributed by atoms with van der Waals surface area (Å²) in [6.07, 6.45) is 0.704. The molecule has 2 saturated heterocycles. The van der Waals surface area contributed by atoms with Crippen LogP contribution in [0.1, 0.15) is 70.1 Å². The number of halogens is 1. The molecule has 7 nitrogen and oxygen atoms in total. The van der Waals surface area contributed by atoms with Crippen LogP contribution in [-0.2, 0) is 41.9 Å². The van der Waals surface area contributed by atoms with E-state index in [2.05, 4.69) is 79.7 Å². The Hall–Kier alpha value is -1.34. The van der Waals surface area contributed by atoms with Crippen LogP contribution in [0.15, 0.2) is 41.4 Å². The molecular formula is C30H40ClNO6Pd. The number of para-hydroxylation sites is 1. The maximum atomic E-state index is 5.99. The first kappa shape index (κ1) is 32.2. The van der Waals surface area contributed by atoms with Crippen molar-refractivity contribution in [3.8, 4) is 5.75 Å². The van der Waals surface area contributed by atoms with Gasteiger partial charge in [-0.1, -0.05) is 45.9 Å². The Morgan fingerprint density at radius 3 is 2.28 bits per heavy atom. The molecule has 0 saturated carbocycles. The van der Waals surface area contributed by atoms with Gasteiger partial charge in [0.15, 0.2) is 12.1 Å². The first-order valence-corrected chi connectivity index (χ1v) is 15.2. The molecule has 0 bridgehead atoms. The van der Waals surface area contributed by atoms with Gasteiger partial charge in [0.1, 0.15) is 18.3 Å². The molecule has 218 valence electrons. The van der Waals surface area contributed by atoms with Crippen LogP contribution in [0.4, 0.5) is 5.69 Å². The molecule has 39 heavy (non-hydrogen) atoms. The summed E-state index contributed by atoms with van der Waals surface area (Å²) in [4.78, 5) is 4.86. The monoisotopic (exact) mass is 651 g/mol. The average Bonchev–Trinajstić information content (AvgIpc) is 3.41. The van der Waals surface area contributed by atoms with Gasteiger partial charge in [0.25, 0.3) is 0 Å². The Morgan fingerprint density at radius 1 is 1.03 bits per heavy atom. The fourth-order valence-electron chi connectivity index (χ4n) is 4.77. The van der Waals surface area contributed by atoms with Crippen molar-refractivity contribution in [2.24, 2.45) is 4.99 Å². The normalized spacial score (nSPS) is 23.8. The maximum absolute atomic E-state index is 5.99. The number of methoxy groups -OCH3 is 1. The van der Waals surface area contributed by atoms with E-state index in [9.17, 15) is 0 Å². The summed E-state index contributed by atoms with van der Waals surface area (Å²) in [5.74, 6) is 0.889. The van der Waals surface area contributed by atoms with E-state index < -0.39 is 12.1 Å². The Balaban J connectivity index is 0.00000205. The predicted octanol–water partition coefficient (Wildman–Crippen LogP) is 6.46. The van der Waals surface area contributed by atoms with Crippen LogP contribution in [0.3, 0.4) is 0 Å². The van der Waals surface area contributed by atoms with Crippen molar-refractivity contribution in [2.45, 2.75) is 83.8 Å². The molecule has 1 unspecified atom stereocenters. The quantitative estimate of drug-likeness (QED) is 0.120. The van der Waals surface area contributed by atoms with Gasteiger partial charge in [0.05, 0.1) is 25.5 Å². The summed E-state index contributed by atoms with van der Waals surface area (Å²) in [5.41, 5.74) is 4.48. The summed E-state index contributed by atoms with van der Waals surface area (Å²) in [6.45, 7) is 13.8. The zero-order valence-corrected chi connectivity index (χ0v) is 26.0. The van der Waals surface area contributed by atoms with Crippen molar-refractivity contribution in [3.05, 3.63) is 59.2 Å². The minimum atomic E-state index is -0.654. The van der Waals surface area contributed by atoms with Crippen LogP contribution in [0.25, 0.3) is 0 Å². The first-order chi connectivity index (χ1) is 18.7. The van der Waals surface area contributed by atoms with E-state index >= 15 is 0 Å². The Morgan fingerprint density at radius 2 is 1.69 bits per heavy atom. The minimum absolute atomic E-state index is 0.214. The van der Waals surface area contributed by atoms with E-state index in [0.717, 1.165) is 17.0 Å². The van der Waals surface area contributed by atoms with Gasteiger partial charge < -0.3 is 33.4 Å². The van der Waals surface area contributed by atoms with Gasteiger partial charge in [0, 0.05) is 12.9 Å². The van der Waals surface area contributed by atoms with Crippen molar-refractivity contribution in [1.29, 1.82) is 0 Å². The summed E-state index contributed by atoms with van der Waals surface area (Å²) in [5, 5.41) is 0. The van der Waals surface area contributed by atoms with E-state index in [-0.39, 0.29) is 18.3 Å². The zero-order chi connectivity index (χ0) is 28.6. The molecule has 2 aromatic carbocycles. The van der Waals surface area contributed by atoms with Crippen LogP contribution < -0.4 is 4.74 Å². The first-order valence-electron chi connectivity index (χ1n) is 13.2. The summed E-state index contributed by atoms with van der Waals surface area (Å²) < 4.78 is 34.8. The molecule has 0 aromatic heterocycles. The van der Waals surface area contributed by atoms with Gasteiger partial charge >= 0.3 is 27.7 Å². The second-order valence-corrected chi connectivity index (χ2v) is 10.6. The number of rotatable bonds is 11. The molecule has 2 aliphatic rings. The molecular weight excluding hydrogens is 612 g/mol. The van der Waals surface area contributed by atoms with Crippen molar-refractivity contribution in [3.63, 3.8) is 0 Å². The van der Waals surface area contributed by atoms with Gasteiger partial charge in [-0.3, -0.25) is 0 Å². The summed E-state index contributed by atoms with van der Waals surface area (Å²) in [7, 11) is 6.10. The van der Waals surface area contributed by atoms with Crippen molar-refractivity contribution in [1.82, 2.24) is 0 Å². The molecule has 2 aromatic rings. The molecule has 4 atom stereocenters. The van der Waals surface area contributed by atoms with Crippen LogP contribution in [0.2, 0.25) is 0 Å². The summed E-state index contributed by atoms with van der Waals surface area (Å²) >= 11 is 2.22. The third-order valence-electron chi connectivity index (χ3n) is 6.60. The zero-order valence-electron chi connectivity index (χ0n) is 23.7. The number of hydrogen-bond donors (Lipinski definition) is 0. The van der Waals surface area contributed by atoms with E-state index in [1.807, 2.05) is 38.3 Å². The van der Waals surface area contributed by atoms with Gasteiger partial charge in [-0.15, -0.1) is 29.8 Å². The molecule has 0 aliphatic carbocycles. The SMILES string of the molecule is CO[C@@H]1O[C@H](COCCOc2c[c-]c(C=Nc3c(C(C)C)cccc3C(C)C)cc2)[C@@H]2OC(C)(C)OC12.[Cl][Pd+]. The van der Waals surface area contributed by atoms with E-state index in [0.29, 0.717) is 31.7 Å². The average molecular weight is 653 g/mol. The van der Waals surface area contributed by atoms with Gasteiger partial charge in [-0.05, 0) is 43.0 Å². The molecule has 2 heterocycles. The number of benzene rings is 2. The van der Waals surface area contributed by atoms with Crippen LogP contribution in [0, 0.1) is 6.07 Å². The second-order valence-electron chi connectivity index (χ2n) is 10.6. The molecule has 2 fully saturated rings. The van der Waals surface area contributed by atoms with Gasteiger partial charge in [-0.2, -0.15) is 0 Å². The van der Waals surface area contributed by atoms with Crippen LogP contribution >= 0.6 is 9.53 Å². The van der Waals surface area contributed by atoms with Crippen molar-refractivity contribution in [2.75, 3.05) is 26.9 Å². The number of ether oxygens (including phenoxy) is 6. The third-order valence-corrected chi connectivity index (χ3v) is 6.60. The van der Waals surface area contributed by atoms with Gasteiger partial charge in [0.2, 0.25) is 0 Å². The third kappa shape index (κ3) is 8.58.